The zero-order valence-corrected chi connectivity index (χ0v) is 17.5. The number of ether oxygens (including phenoxy) is 2. The molecule has 2 aliphatic rings. The van der Waals surface area contributed by atoms with Crippen LogP contribution in [0.25, 0.3) is 11.1 Å². The van der Waals surface area contributed by atoms with E-state index in [1.54, 1.807) is 42.5 Å². The summed E-state index contributed by atoms with van der Waals surface area (Å²) in [4.78, 5) is 13.1. The number of halogens is 3. The molecule has 170 valence electrons. The number of hydrogen-bond donors (Lipinski definition) is 2. The maximum absolute atomic E-state index is 13.9. The lowest BCUT2D eigenvalue weighted by Gasteiger charge is -2.19. The molecule has 1 saturated carbocycles. The van der Waals surface area contributed by atoms with Crippen molar-refractivity contribution in [3.8, 4) is 22.6 Å². The number of amides is 1. The van der Waals surface area contributed by atoms with Crippen molar-refractivity contribution >= 4 is 11.6 Å². The van der Waals surface area contributed by atoms with E-state index in [1.807, 2.05) is 0 Å². The van der Waals surface area contributed by atoms with E-state index >= 15 is 0 Å². The number of carbonyl (C=O) groups excluding carboxylic acids is 1. The third-order valence-corrected chi connectivity index (χ3v) is 6.17. The second-order valence-corrected chi connectivity index (χ2v) is 8.27. The fourth-order valence-electron chi connectivity index (χ4n) is 4.19. The van der Waals surface area contributed by atoms with Gasteiger partial charge < -0.3 is 20.5 Å². The fraction of sp³-hybridized carbons (Fsp3) is 0.240. The van der Waals surface area contributed by atoms with Crippen LogP contribution in [0, 0.1) is 0 Å². The Morgan fingerprint density at radius 2 is 1.79 bits per heavy atom. The molecule has 0 spiro atoms. The first kappa shape index (κ1) is 21.3. The number of benzene rings is 3. The number of nitrogens with one attached hydrogen (secondary N) is 1. The molecule has 33 heavy (non-hydrogen) atoms. The molecule has 3 aromatic carbocycles. The average Bonchev–Trinajstić information content (AvgIpc) is 3.49. The summed E-state index contributed by atoms with van der Waals surface area (Å²) < 4.78 is 52.4. The topological polar surface area (TPSA) is 73.6 Å². The molecule has 1 heterocycles. The van der Waals surface area contributed by atoms with E-state index in [0.717, 1.165) is 17.2 Å². The van der Waals surface area contributed by atoms with Crippen LogP contribution >= 0.6 is 0 Å². The molecule has 0 aromatic heterocycles. The van der Waals surface area contributed by atoms with Crippen molar-refractivity contribution in [3.05, 3.63) is 77.4 Å². The van der Waals surface area contributed by atoms with E-state index in [9.17, 15) is 18.0 Å². The standard InChI is InChI=1S/C25H21F3N2O3/c26-25(27,28)20-12-18(5-6-19(20)16-3-1-2-15(10-16)13-29)30-23(31)24(8-9-24)17-4-7-21-22(11-17)33-14-32-21/h1-7,10-12H,8-9,13-14,29H2,(H,30,31). The first-order valence-electron chi connectivity index (χ1n) is 10.5. The summed E-state index contributed by atoms with van der Waals surface area (Å²) in [6.45, 7) is 0.351. The molecule has 0 bridgehead atoms. The highest BCUT2D eigenvalue weighted by Crippen LogP contribution is 2.51. The lowest BCUT2D eigenvalue weighted by molar-refractivity contribution is -0.137. The largest absolute Gasteiger partial charge is 0.454 e. The van der Waals surface area contributed by atoms with Gasteiger partial charge in [0.25, 0.3) is 0 Å². The van der Waals surface area contributed by atoms with Crippen LogP contribution in [-0.2, 0) is 22.9 Å². The fourth-order valence-corrected chi connectivity index (χ4v) is 4.19. The second kappa shape index (κ2) is 7.81. The number of nitrogens with two attached hydrogens (primary N) is 1. The van der Waals surface area contributed by atoms with E-state index in [0.29, 0.717) is 29.9 Å². The van der Waals surface area contributed by atoms with E-state index in [4.69, 9.17) is 15.2 Å². The summed E-state index contributed by atoms with van der Waals surface area (Å²) in [5, 5.41) is 2.69. The maximum atomic E-state index is 13.9. The molecule has 0 unspecified atom stereocenters. The highest BCUT2D eigenvalue weighted by Gasteiger charge is 2.51. The summed E-state index contributed by atoms with van der Waals surface area (Å²) in [7, 11) is 0. The Balaban J connectivity index is 1.44. The summed E-state index contributed by atoms with van der Waals surface area (Å²) in [6, 6.07) is 15.9. The van der Waals surface area contributed by atoms with Gasteiger partial charge in [-0.2, -0.15) is 13.2 Å². The van der Waals surface area contributed by atoms with Gasteiger partial charge >= 0.3 is 6.18 Å². The quantitative estimate of drug-likeness (QED) is 0.554. The molecular weight excluding hydrogens is 433 g/mol. The number of fused-ring (bicyclic) bond motifs is 1. The third-order valence-electron chi connectivity index (χ3n) is 6.17. The van der Waals surface area contributed by atoms with Crippen LogP contribution in [-0.4, -0.2) is 12.7 Å². The van der Waals surface area contributed by atoms with Gasteiger partial charge in [0.1, 0.15) is 0 Å². The predicted molar refractivity (Wildman–Crippen MR) is 117 cm³/mol. The molecule has 1 aliphatic carbocycles. The van der Waals surface area contributed by atoms with Crippen molar-refractivity contribution in [2.75, 3.05) is 12.1 Å². The summed E-state index contributed by atoms with van der Waals surface area (Å²) in [6.07, 6.45) is -3.38. The van der Waals surface area contributed by atoms with Gasteiger partial charge in [-0.05, 0) is 65.4 Å². The van der Waals surface area contributed by atoms with Gasteiger partial charge in [-0.3, -0.25) is 4.79 Å². The number of anilines is 1. The molecule has 1 fully saturated rings. The monoisotopic (exact) mass is 454 g/mol. The van der Waals surface area contributed by atoms with Gasteiger partial charge in [0.05, 0.1) is 11.0 Å². The third kappa shape index (κ3) is 3.91. The van der Waals surface area contributed by atoms with Crippen LogP contribution in [0.5, 0.6) is 11.5 Å². The minimum Gasteiger partial charge on any atom is -0.454 e. The van der Waals surface area contributed by atoms with Crippen LogP contribution in [0.3, 0.4) is 0 Å². The van der Waals surface area contributed by atoms with E-state index < -0.39 is 17.2 Å². The SMILES string of the molecule is NCc1cccc(-c2ccc(NC(=O)C3(c4ccc5c(c4)OCO5)CC3)cc2C(F)(F)F)c1. The molecule has 1 amide bonds. The summed E-state index contributed by atoms with van der Waals surface area (Å²) in [5.41, 5.74) is 6.08. The first-order chi connectivity index (χ1) is 15.8. The number of carbonyl (C=O) groups is 1. The first-order valence-corrected chi connectivity index (χ1v) is 10.5. The van der Waals surface area contributed by atoms with Gasteiger partial charge in [-0.25, -0.2) is 0 Å². The van der Waals surface area contributed by atoms with Crippen LogP contribution in [0.15, 0.2) is 60.7 Å². The predicted octanol–water partition coefficient (Wildman–Crippen LogP) is 5.23. The highest BCUT2D eigenvalue weighted by molar-refractivity contribution is 6.01. The van der Waals surface area contributed by atoms with Crippen molar-refractivity contribution < 1.29 is 27.4 Å². The Morgan fingerprint density at radius 3 is 2.52 bits per heavy atom. The van der Waals surface area contributed by atoms with Crippen molar-refractivity contribution in [1.82, 2.24) is 0 Å². The summed E-state index contributed by atoms with van der Waals surface area (Å²) in [5.74, 6) is 0.835. The number of hydrogen-bond acceptors (Lipinski definition) is 4. The normalized spacial score (nSPS) is 15.9. The Hall–Kier alpha value is -3.52. The molecule has 0 saturated heterocycles. The molecule has 3 aromatic rings. The lowest BCUT2D eigenvalue weighted by atomic mass is 9.94. The van der Waals surface area contributed by atoms with Gasteiger partial charge in [0.15, 0.2) is 11.5 Å². The molecule has 0 radical (unpaired) electrons. The van der Waals surface area contributed by atoms with Crippen LogP contribution < -0.4 is 20.5 Å². The zero-order chi connectivity index (χ0) is 23.2. The summed E-state index contributed by atoms with van der Waals surface area (Å²) >= 11 is 0. The van der Waals surface area contributed by atoms with Crippen LogP contribution in [0.1, 0.15) is 29.5 Å². The Morgan fingerprint density at radius 1 is 1.00 bits per heavy atom. The Kier molecular flexibility index (Phi) is 5.05. The van der Waals surface area contributed by atoms with E-state index in [-0.39, 0.29) is 30.5 Å². The molecule has 5 nitrogen and oxygen atoms in total. The van der Waals surface area contributed by atoms with Gasteiger partial charge in [0, 0.05) is 12.2 Å². The average molecular weight is 454 g/mol. The van der Waals surface area contributed by atoms with Crippen LogP contribution in [0.2, 0.25) is 0 Å². The smallest absolute Gasteiger partial charge is 0.417 e. The lowest BCUT2D eigenvalue weighted by Crippen LogP contribution is -2.28. The van der Waals surface area contributed by atoms with Crippen LogP contribution in [0.4, 0.5) is 18.9 Å². The second-order valence-electron chi connectivity index (χ2n) is 8.27. The zero-order valence-electron chi connectivity index (χ0n) is 17.5. The van der Waals surface area contributed by atoms with E-state index in [2.05, 4.69) is 5.32 Å². The molecule has 8 heteroatoms. The number of alkyl halides is 3. The Labute approximate surface area is 188 Å². The maximum Gasteiger partial charge on any atom is 0.417 e. The van der Waals surface area contributed by atoms with E-state index in [1.165, 1.54) is 12.1 Å². The molecular formula is C25H21F3N2O3. The molecule has 5 rings (SSSR count). The number of rotatable bonds is 5. The molecule has 1 aliphatic heterocycles. The van der Waals surface area contributed by atoms with Gasteiger partial charge in [-0.1, -0.05) is 30.3 Å². The minimum atomic E-state index is -4.59. The Bertz CT molecular complexity index is 1240. The minimum absolute atomic E-state index is 0.0349. The van der Waals surface area contributed by atoms with Gasteiger partial charge in [0.2, 0.25) is 12.7 Å². The van der Waals surface area contributed by atoms with Crippen molar-refractivity contribution in [3.63, 3.8) is 0 Å². The van der Waals surface area contributed by atoms with Gasteiger partial charge in [-0.15, -0.1) is 0 Å². The van der Waals surface area contributed by atoms with Crippen molar-refractivity contribution in [1.29, 1.82) is 0 Å². The molecule has 0 atom stereocenters. The highest BCUT2D eigenvalue weighted by atomic mass is 19.4. The van der Waals surface area contributed by atoms with Crippen molar-refractivity contribution in [2.24, 2.45) is 5.73 Å². The van der Waals surface area contributed by atoms with Crippen molar-refractivity contribution in [2.45, 2.75) is 31.0 Å². The molecule has 3 N–H and O–H groups in total.